The first-order chi connectivity index (χ1) is 15.2. The highest BCUT2D eigenvalue weighted by molar-refractivity contribution is 6.00. The third-order valence-electron chi connectivity index (χ3n) is 6.05. The van der Waals surface area contributed by atoms with E-state index in [1.165, 1.54) is 18.1 Å². The van der Waals surface area contributed by atoms with Gasteiger partial charge in [-0.05, 0) is 18.4 Å². The molecule has 0 bridgehead atoms. The van der Waals surface area contributed by atoms with E-state index in [-0.39, 0.29) is 35.3 Å². The summed E-state index contributed by atoms with van der Waals surface area (Å²) in [6.07, 6.45) is 0.583. The van der Waals surface area contributed by atoms with Crippen LogP contribution in [0.15, 0.2) is 23.0 Å². The summed E-state index contributed by atoms with van der Waals surface area (Å²) < 4.78 is 33.7. The Morgan fingerprint density at radius 3 is 2.75 bits per heavy atom. The number of carbonyl (C=O) groups excluding carboxylic acids is 2. The predicted molar refractivity (Wildman–Crippen MR) is 110 cm³/mol. The Bertz CT molecular complexity index is 1160. The van der Waals surface area contributed by atoms with Gasteiger partial charge in [-0.25, -0.2) is 8.78 Å². The number of ether oxygens (including phenoxy) is 1. The van der Waals surface area contributed by atoms with Crippen LogP contribution in [0.3, 0.4) is 0 Å². The third-order valence-corrected chi connectivity index (χ3v) is 6.05. The summed E-state index contributed by atoms with van der Waals surface area (Å²) in [4.78, 5) is 40.4. The van der Waals surface area contributed by atoms with E-state index in [0.29, 0.717) is 37.9 Å². The molecule has 1 aromatic heterocycles. The smallest absolute Gasteiger partial charge is 0.274 e. The Morgan fingerprint density at radius 2 is 2.06 bits per heavy atom. The van der Waals surface area contributed by atoms with E-state index in [0.717, 1.165) is 6.07 Å². The summed E-state index contributed by atoms with van der Waals surface area (Å²) in [6.45, 7) is 2.57. The molecule has 1 aromatic carbocycles. The van der Waals surface area contributed by atoms with Crippen LogP contribution in [0.2, 0.25) is 0 Å². The number of nitrogens with zero attached hydrogens (tertiary/aromatic N) is 2. The Kier molecular flexibility index (Phi) is 5.72. The molecule has 2 atom stereocenters. The number of aromatic hydroxyl groups is 1. The number of rotatable bonds is 6. The molecule has 2 amide bonds. The lowest BCUT2D eigenvalue weighted by atomic mass is 9.99. The van der Waals surface area contributed by atoms with Crippen LogP contribution in [0.5, 0.6) is 5.75 Å². The van der Waals surface area contributed by atoms with Crippen molar-refractivity contribution in [1.29, 1.82) is 0 Å². The number of hydrogen-bond acceptors (Lipinski definition) is 5. The molecular formula is C22H23F2N3O5. The molecule has 0 aliphatic carbocycles. The van der Waals surface area contributed by atoms with Crippen LogP contribution in [-0.4, -0.2) is 53.2 Å². The second-order valence-corrected chi connectivity index (χ2v) is 8.11. The van der Waals surface area contributed by atoms with Gasteiger partial charge in [0.05, 0.1) is 12.6 Å². The van der Waals surface area contributed by atoms with Crippen molar-refractivity contribution in [3.05, 3.63) is 62.6 Å². The van der Waals surface area contributed by atoms with Crippen LogP contribution < -0.4 is 10.7 Å². The van der Waals surface area contributed by atoms with Gasteiger partial charge in [0.15, 0.2) is 11.4 Å². The van der Waals surface area contributed by atoms with Crippen LogP contribution >= 0.6 is 0 Å². The van der Waals surface area contributed by atoms with Gasteiger partial charge in [-0.3, -0.25) is 14.4 Å². The van der Waals surface area contributed by atoms with Gasteiger partial charge >= 0.3 is 0 Å². The lowest BCUT2D eigenvalue weighted by molar-refractivity contribution is 0.0598. The van der Waals surface area contributed by atoms with Gasteiger partial charge < -0.3 is 24.6 Å². The molecular weight excluding hydrogens is 424 g/mol. The standard InChI is InChI=1S/C22H23F2N3O5/c1-11-7-14-10-26(5-6-32-2)22(31)18-20(29)19(28)16(17(11)27(14)18)21(30)25-9-12-3-4-13(23)8-15(12)24/h3-4,8,11,14,29H,5-7,9-10H2,1-2H3,(H,25,30). The number of hydrogen-bond donors (Lipinski definition) is 2. The van der Waals surface area contributed by atoms with Gasteiger partial charge in [-0.1, -0.05) is 13.0 Å². The minimum Gasteiger partial charge on any atom is -0.503 e. The van der Waals surface area contributed by atoms with Crippen molar-refractivity contribution in [1.82, 2.24) is 14.8 Å². The molecule has 3 heterocycles. The molecule has 0 radical (unpaired) electrons. The normalized spacial score (nSPS) is 19.2. The van der Waals surface area contributed by atoms with Crippen molar-refractivity contribution in [3.8, 4) is 5.75 Å². The maximum atomic E-state index is 13.9. The molecule has 2 aromatic rings. The quantitative estimate of drug-likeness (QED) is 0.705. The molecule has 32 heavy (non-hydrogen) atoms. The number of nitrogens with one attached hydrogen (secondary N) is 1. The molecule has 170 valence electrons. The van der Waals surface area contributed by atoms with Crippen molar-refractivity contribution in [2.75, 3.05) is 26.8 Å². The van der Waals surface area contributed by atoms with Gasteiger partial charge in [0.2, 0.25) is 5.43 Å². The summed E-state index contributed by atoms with van der Waals surface area (Å²) >= 11 is 0. The van der Waals surface area contributed by atoms with E-state index in [4.69, 9.17) is 4.74 Å². The zero-order valence-electron chi connectivity index (χ0n) is 17.7. The lowest BCUT2D eigenvalue weighted by Crippen LogP contribution is -2.45. The summed E-state index contributed by atoms with van der Waals surface area (Å²) in [5, 5.41) is 13.1. The number of methoxy groups -OCH3 is 1. The molecule has 0 spiro atoms. The molecule has 10 heteroatoms. The van der Waals surface area contributed by atoms with Crippen LogP contribution in [0.4, 0.5) is 8.78 Å². The second-order valence-electron chi connectivity index (χ2n) is 8.11. The van der Waals surface area contributed by atoms with Crippen LogP contribution in [0, 0.1) is 11.6 Å². The molecule has 2 unspecified atom stereocenters. The van der Waals surface area contributed by atoms with Gasteiger partial charge in [0.1, 0.15) is 17.2 Å². The van der Waals surface area contributed by atoms with E-state index >= 15 is 0 Å². The molecule has 2 N–H and O–H groups in total. The number of aromatic nitrogens is 1. The molecule has 4 rings (SSSR count). The third kappa shape index (κ3) is 3.54. The highest BCUT2D eigenvalue weighted by Gasteiger charge is 2.43. The Balaban J connectivity index is 1.71. The number of halogens is 2. The molecule has 2 aliphatic rings. The van der Waals surface area contributed by atoms with Gasteiger partial charge in [0.25, 0.3) is 11.8 Å². The van der Waals surface area contributed by atoms with Crippen LogP contribution in [0.25, 0.3) is 0 Å². The Labute approximate surface area is 182 Å². The van der Waals surface area contributed by atoms with Crippen molar-refractivity contribution in [2.24, 2.45) is 0 Å². The highest BCUT2D eigenvalue weighted by Crippen LogP contribution is 2.42. The fraction of sp³-hybridized carbons (Fsp3) is 0.409. The lowest BCUT2D eigenvalue weighted by Gasteiger charge is -2.34. The van der Waals surface area contributed by atoms with Crippen molar-refractivity contribution >= 4 is 11.8 Å². The zero-order chi connectivity index (χ0) is 23.2. The Morgan fingerprint density at radius 1 is 1.31 bits per heavy atom. The SMILES string of the molecule is COCCN1CC2CC(C)c3c(C(=O)NCc4ccc(F)cc4F)c(=O)c(O)c(n32)C1=O. The van der Waals surface area contributed by atoms with Crippen molar-refractivity contribution in [2.45, 2.75) is 31.8 Å². The molecule has 8 nitrogen and oxygen atoms in total. The first-order valence-corrected chi connectivity index (χ1v) is 10.3. The van der Waals surface area contributed by atoms with E-state index in [1.54, 1.807) is 4.57 Å². The number of benzene rings is 1. The Hall–Kier alpha value is -3.27. The van der Waals surface area contributed by atoms with E-state index < -0.39 is 34.6 Å². The minimum atomic E-state index is -0.947. The van der Waals surface area contributed by atoms with Crippen LogP contribution in [0.1, 0.15) is 57.4 Å². The topological polar surface area (TPSA) is 101 Å². The number of carbonyl (C=O) groups is 2. The summed E-state index contributed by atoms with van der Waals surface area (Å²) in [6, 6.07) is 2.77. The highest BCUT2D eigenvalue weighted by atomic mass is 19.1. The molecule has 0 fully saturated rings. The predicted octanol–water partition coefficient (Wildman–Crippen LogP) is 1.91. The first kappa shape index (κ1) is 21.9. The molecule has 0 saturated carbocycles. The van der Waals surface area contributed by atoms with Gasteiger partial charge in [0, 0.05) is 44.1 Å². The van der Waals surface area contributed by atoms with Gasteiger partial charge in [-0.15, -0.1) is 0 Å². The second kappa shape index (κ2) is 8.34. The average Bonchev–Trinajstić information content (AvgIpc) is 3.06. The van der Waals surface area contributed by atoms with Crippen molar-refractivity contribution < 1.29 is 28.2 Å². The first-order valence-electron chi connectivity index (χ1n) is 10.3. The van der Waals surface area contributed by atoms with E-state index in [2.05, 4.69) is 5.32 Å². The maximum Gasteiger partial charge on any atom is 0.274 e. The zero-order valence-corrected chi connectivity index (χ0v) is 17.7. The van der Waals surface area contributed by atoms with Crippen LogP contribution in [-0.2, 0) is 11.3 Å². The number of pyridine rings is 1. The van der Waals surface area contributed by atoms with Crippen molar-refractivity contribution in [3.63, 3.8) is 0 Å². The summed E-state index contributed by atoms with van der Waals surface area (Å²) in [5.41, 5.74) is -0.902. The van der Waals surface area contributed by atoms with E-state index in [9.17, 15) is 28.3 Å². The van der Waals surface area contributed by atoms with Gasteiger partial charge in [-0.2, -0.15) is 0 Å². The summed E-state index contributed by atoms with van der Waals surface area (Å²) in [5.74, 6) is -3.85. The van der Waals surface area contributed by atoms with E-state index in [1.807, 2.05) is 6.92 Å². The minimum absolute atomic E-state index is 0.0494. The monoisotopic (exact) mass is 447 g/mol. The summed E-state index contributed by atoms with van der Waals surface area (Å²) in [7, 11) is 1.52. The average molecular weight is 447 g/mol. The molecule has 2 aliphatic heterocycles. The molecule has 0 saturated heterocycles. The fourth-order valence-electron chi connectivity index (χ4n) is 4.58. The fourth-order valence-corrected chi connectivity index (χ4v) is 4.58. The maximum absolute atomic E-state index is 13.9. The largest absolute Gasteiger partial charge is 0.503 e. The number of amides is 2.